The highest BCUT2D eigenvalue weighted by Crippen LogP contribution is 2.20. The minimum absolute atomic E-state index is 0.193. The lowest BCUT2D eigenvalue weighted by atomic mass is 10.2. The normalized spacial score (nSPS) is 12.4. The van der Waals surface area contributed by atoms with Crippen molar-refractivity contribution in [1.29, 1.82) is 0 Å². The molecule has 0 unspecified atom stereocenters. The lowest BCUT2D eigenvalue weighted by Gasteiger charge is -2.12. The average Bonchev–Trinajstić information content (AvgIpc) is 2.70. The van der Waals surface area contributed by atoms with Crippen LogP contribution in [0.1, 0.15) is 18.7 Å². The number of anilines is 1. The Morgan fingerprint density at radius 3 is 2.80 bits per heavy atom. The van der Waals surface area contributed by atoms with Crippen molar-refractivity contribution in [3.05, 3.63) is 52.0 Å². The molecule has 0 amide bonds. The molecule has 1 aromatic carbocycles. The van der Waals surface area contributed by atoms with Crippen LogP contribution < -0.4 is 5.32 Å². The molecule has 0 saturated heterocycles. The third kappa shape index (κ3) is 2.75. The average molecular weight is 313 g/mol. The van der Waals surface area contributed by atoms with E-state index in [2.05, 4.69) is 53.0 Å². The van der Waals surface area contributed by atoms with Crippen LogP contribution in [0, 0.1) is 3.57 Å². The van der Waals surface area contributed by atoms with Gasteiger partial charge in [-0.1, -0.05) is 6.07 Å². The predicted molar refractivity (Wildman–Crippen MR) is 69.9 cm³/mol. The molecule has 1 aromatic heterocycles. The molecule has 15 heavy (non-hydrogen) atoms. The Morgan fingerprint density at radius 1 is 1.27 bits per heavy atom. The van der Waals surface area contributed by atoms with E-state index in [4.69, 9.17) is 4.42 Å². The van der Waals surface area contributed by atoms with Crippen LogP contribution in [0.3, 0.4) is 0 Å². The smallest absolute Gasteiger partial charge is 0.125 e. The maximum atomic E-state index is 5.33. The van der Waals surface area contributed by atoms with E-state index in [0.717, 1.165) is 11.4 Å². The van der Waals surface area contributed by atoms with E-state index in [0.29, 0.717) is 0 Å². The minimum atomic E-state index is 0.193. The van der Waals surface area contributed by atoms with Gasteiger partial charge in [0.05, 0.1) is 12.3 Å². The van der Waals surface area contributed by atoms with E-state index < -0.39 is 0 Å². The summed E-state index contributed by atoms with van der Waals surface area (Å²) in [5, 5.41) is 3.39. The fraction of sp³-hybridized carbons (Fsp3) is 0.167. The van der Waals surface area contributed by atoms with Gasteiger partial charge in [0.1, 0.15) is 5.76 Å². The molecule has 0 aliphatic heterocycles. The van der Waals surface area contributed by atoms with Crippen molar-refractivity contribution in [2.75, 3.05) is 5.32 Å². The maximum Gasteiger partial charge on any atom is 0.125 e. The lowest BCUT2D eigenvalue weighted by Crippen LogP contribution is -2.05. The molecule has 1 heterocycles. The third-order valence-electron chi connectivity index (χ3n) is 2.18. The van der Waals surface area contributed by atoms with Gasteiger partial charge in [-0.25, -0.2) is 0 Å². The van der Waals surface area contributed by atoms with Gasteiger partial charge in [0.15, 0.2) is 0 Å². The zero-order chi connectivity index (χ0) is 10.7. The highest BCUT2D eigenvalue weighted by Gasteiger charge is 2.07. The molecule has 2 rings (SSSR count). The first-order chi connectivity index (χ1) is 7.25. The molecule has 2 aromatic rings. The van der Waals surface area contributed by atoms with Crippen LogP contribution in [0.5, 0.6) is 0 Å². The topological polar surface area (TPSA) is 25.2 Å². The van der Waals surface area contributed by atoms with Crippen LogP contribution in [0.25, 0.3) is 0 Å². The summed E-state index contributed by atoms with van der Waals surface area (Å²) in [7, 11) is 0. The molecule has 1 atom stereocenters. The van der Waals surface area contributed by atoms with E-state index in [-0.39, 0.29) is 6.04 Å². The second-order valence-corrected chi connectivity index (χ2v) is 4.64. The van der Waals surface area contributed by atoms with Crippen molar-refractivity contribution in [2.24, 2.45) is 0 Å². The first-order valence-corrected chi connectivity index (χ1v) is 5.89. The number of rotatable bonds is 3. The van der Waals surface area contributed by atoms with Crippen molar-refractivity contribution in [3.63, 3.8) is 0 Å². The number of furan rings is 1. The molecule has 0 radical (unpaired) electrons. The Morgan fingerprint density at radius 2 is 2.13 bits per heavy atom. The standard InChI is InChI=1S/C12H12INO/c1-9(12-6-3-7-15-12)14-11-5-2-4-10(13)8-11/h2-9,14H,1H3/t9-/m1/s1. The summed E-state index contributed by atoms with van der Waals surface area (Å²) in [5.74, 6) is 0.953. The summed E-state index contributed by atoms with van der Waals surface area (Å²) < 4.78 is 6.56. The zero-order valence-electron chi connectivity index (χ0n) is 8.41. The molecule has 78 valence electrons. The molecule has 0 bridgehead atoms. The summed E-state index contributed by atoms with van der Waals surface area (Å²) in [6.07, 6.45) is 1.70. The number of hydrogen-bond donors (Lipinski definition) is 1. The largest absolute Gasteiger partial charge is 0.467 e. The van der Waals surface area contributed by atoms with Crippen LogP contribution in [-0.4, -0.2) is 0 Å². The molecule has 0 saturated carbocycles. The SMILES string of the molecule is C[C@@H](Nc1cccc(I)c1)c1ccco1. The first kappa shape index (κ1) is 10.5. The Labute approximate surface area is 103 Å². The van der Waals surface area contributed by atoms with Gasteiger partial charge in [0, 0.05) is 9.26 Å². The minimum Gasteiger partial charge on any atom is -0.467 e. The molecular weight excluding hydrogens is 301 g/mol. The summed E-state index contributed by atoms with van der Waals surface area (Å²) in [5.41, 5.74) is 1.12. The van der Waals surface area contributed by atoms with E-state index in [1.54, 1.807) is 6.26 Å². The van der Waals surface area contributed by atoms with E-state index in [9.17, 15) is 0 Å². The van der Waals surface area contributed by atoms with Crippen LogP contribution in [0.15, 0.2) is 47.1 Å². The Bertz CT molecular complexity index is 425. The van der Waals surface area contributed by atoms with Crippen molar-refractivity contribution in [3.8, 4) is 0 Å². The molecule has 0 aliphatic carbocycles. The van der Waals surface area contributed by atoms with Gasteiger partial charge in [-0.2, -0.15) is 0 Å². The second-order valence-electron chi connectivity index (χ2n) is 3.39. The van der Waals surface area contributed by atoms with Crippen LogP contribution in [-0.2, 0) is 0 Å². The Hall–Kier alpha value is -0.970. The molecule has 3 heteroatoms. The van der Waals surface area contributed by atoms with Crippen LogP contribution in [0.2, 0.25) is 0 Å². The fourth-order valence-electron chi connectivity index (χ4n) is 1.44. The van der Waals surface area contributed by atoms with Crippen LogP contribution in [0.4, 0.5) is 5.69 Å². The molecule has 1 N–H and O–H groups in total. The summed E-state index contributed by atoms with van der Waals surface area (Å²) in [4.78, 5) is 0. The Kier molecular flexibility index (Phi) is 3.30. The van der Waals surface area contributed by atoms with Gasteiger partial charge in [0.2, 0.25) is 0 Å². The second kappa shape index (κ2) is 4.70. The highest BCUT2D eigenvalue weighted by atomic mass is 127. The van der Waals surface area contributed by atoms with Gasteiger partial charge in [-0.3, -0.25) is 0 Å². The molecule has 0 aliphatic rings. The van der Waals surface area contributed by atoms with Crippen molar-refractivity contribution in [2.45, 2.75) is 13.0 Å². The van der Waals surface area contributed by atoms with E-state index in [1.807, 2.05) is 18.2 Å². The first-order valence-electron chi connectivity index (χ1n) is 4.81. The van der Waals surface area contributed by atoms with Crippen LogP contribution >= 0.6 is 22.6 Å². The quantitative estimate of drug-likeness (QED) is 0.865. The fourth-order valence-corrected chi connectivity index (χ4v) is 1.98. The zero-order valence-corrected chi connectivity index (χ0v) is 10.6. The van der Waals surface area contributed by atoms with Crippen molar-refractivity contribution in [1.82, 2.24) is 0 Å². The van der Waals surface area contributed by atoms with Gasteiger partial charge < -0.3 is 9.73 Å². The van der Waals surface area contributed by atoms with Gasteiger partial charge >= 0.3 is 0 Å². The summed E-state index contributed by atoms with van der Waals surface area (Å²) in [6.45, 7) is 2.08. The lowest BCUT2D eigenvalue weighted by molar-refractivity contribution is 0.490. The number of nitrogens with one attached hydrogen (secondary N) is 1. The van der Waals surface area contributed by atoms with E-state index in [1.165, 1.54) is 3.57 Å². The number of benzene rings is 1. The van der Waals surface area contributed by atoms with Gasteiger partial charge in [-0.15, -0.1) is 0 Å². The molecule has 0 fully saturated rings. The van der Waals surface area contributed by atoms with Crippen molar-refractivity contribution >= 4 is 28.3 Å². The van der Waals surface area contributed by atoms with Gasteiger partial charge in [0.25, 0.3) is 0 Å². The molecule has 2 nitrogen and oxygen atoms in total. The summed E-state index contributed by atoms with van der Waals surface area (Å²) in [6, 6.07) is 12.4. The number of halogens is 1. The molecule has 0 spiro atoms. The predicted octanol–water partition coefficient (Wildman–Crippen LogP) is 4.06. The Balaban J connectivity index is 2.09. The monoisotopic (exact) mass is 313 g/mol. The highest BCUT2D eigenvalue weighted by molar-refractivity contribution is 14.1. The van der Waals surface area contributed by atoms with E-state index >= 15 is 0 Å². The third-order valence-corrected chi connectivity index (χ3v) is 2.85. The van der Waals surface area contributed by atoms with Gasteiger partial charge in [-0.05, 0) is 59.8 Å². The molecular formula is C12H12INO. The van der Waals surface area contributed by atoms with Crippen molar-refractivity contribution < 1.29 is 4.42 Å². The maximum absolute atomic E-state index is 5.33. The summed E-state index contributed by atoms with van der Waals surface area (Å²) >= 11 is 2.30. The number of hydrogen-bond acceptors (Lipinski definition) is 2.